The van der Waals surface area contributed by atoms with Crippen molar-refractivity contribution < 1.29 is 4.79 Å². The summed E-state index contributed by atoms with van der Waals surface area (Å²) < 4.78 is 1.54. The van der Waals surface area contributed by atoms with E-state index >= 15 is 0 Å². The largest absolute Gasteiger partial charge is 0.321 e. The van der Waals surface area contributed by atoms with Gasteiger partial charge < -0.3 is 5.32 Å². The van der Waals surface area contributed by atoms with E-state index in [2.05, 4.69) is 42.2 Å². The highest BCUT2D eigenvalue weighted by atomic mass is 79.9. The average molecular weight is 390 g/mol. The van der Waals surface area contributed by atoms with Crippen molar-refractivity contribution >= 4 is 55.1 Å². The van der Waals surface area contributed by atoms with Gasteiger partial charge in [0.15, 0.2) is 0 Å². The fourth-order valence-electron chi connectivity index (χ4n) is 1.32. The normalized spacial score (nSPS) is 10.2. The van der Waals surface area contributed by atoms with E-state index in [1.54, 1.807) is 36.5 Å². The summed E-state index contributed by atoms with van der Waals surface area (Å²) in [6.45, 7) is 0. The Hall–Kier alpha value is -0.910. The van der Waals surface area contributed by atoms with Crippen LogP contribution in [0.1, 0.15) is 10.4 Å². The van der Waals surface area contributed by atoms with E-state index in [0.29, 0.717) is 20.9 Å². The summed E-state index contributed by atoms with van der Waals surface area (Å²) in [6, 6.07) is 8.60. The molecule has 0 aliphatic heterocycles. The van der Waals surface area contributed by atoms with Crippen molar-refractivity contribution in [3.63, 3.8) is 0 Å². The van der Waals surface area contributed by atoms with E-state index in [0.717, 1.165) is 4.47 Å². The van der Waals surface area contributed by atoms with E-state index < -0.39 is 0 Å². The van der Waals surface area contributed by atoms with Crippen LogP contribution in [0.3, 0.4) is 0 Å². The van der Waals surface area contributed by atoms with E-state index in [9.17, 15) is 4.79 Å². The Balaban J connectivity index is 2.19. The summed E-state index contributed by atoms with van der Waals surface area (Å²) in [5, 5.41) is 3.12. The number of amides is 1. The van der Waals surface area contributed by atoms with Crippen molar-refractivity contribution in [1.29, 1.82) is 0 Å². The zero-order valence-corrected chi connectivity index (χ0v) is 12.9. The van der Waals surface area contributed by atoms with Gasteiger partial charge in [-0.2, -0.15) is 0 Å². The topological polar surface area (TPSA) is 42.0 Å². The van der Waals surface area contributed by atoms with Gasteiger partial charge in [0.1, 0.15) is 4.60 Å². The summed E-state index contributed by atoms with van der Waals surface area (Å²) in [5.41, 5.74) is 1.03. The molecule has 2 rings (SSSR count). The number of carbonyl (C=O) groups excluding carboxylic acids is 1. The number of nitrogens with zero attached hydrogens (tertiary/aromatic N) is 1. The Morgan fingerprint density at radius 2 is 2.00 bits per heavy atom. The maximum Gasteiger partial charge on any atom is 0.257 e. The van der Waals surface area contributed by atoms with Crippen LogP contribution in [0.4, 0.5) is 5.69 Å². The molecule has 1 amide bonds. The third kappa shape index (κ3) is 3.31. The molecule has 2 aromatic rings. The molecule has 0 unspecified atom stereocenters. The number of halogens is 3. The highest BCUT2D eigenvalue weighted by Gasteiger charge is 2.10. The SMILES string of the molecule is O=C(Nc1ccc(Br)nc1)c1ccc(Br)cc1Cl. The lowest BCUT2D eigenvalue weighted by Gasteiger charge is -2.06. The first-order chi connectivity index (χ1) is 8.56. The highest BCUT2D eigenvalue weighted by molar-refractivity contribution is 9.10. The second kappa shape index (κ2) is 5.82. The van der Waals surface area contributed by atoms with Gasteiger partial charge in [-0.3, -0.25) is 4.79 Å². The fraction of sp³-hybridized carbons (Fsp3) is 0. The number of hydrogen-bond donors (Lipinski definition) is 1. The summed E-state index contributed by atoms with van der Waals surface area (Å²) in [4.78, 5) is 16.0. The van der Waals surface area contributed by atoms with Gasteiger partial charge in [0.2, 0.25) is 0 Å². The van der Waals surface area contributed by atoms with E-state index in [4.69, 9.17) is 11.6 Å². The summed E-state index contributed by atoms with van der Waals surface area (Å²) in [5.74, 6) is -0.267. The van der Waals surface area contributed by atoms with Gasteiger partial charge in [-0.1, -0.05) is 27.5 Å². The van der Waals surface area contributed by atoms with Crippen LogP contribution in [-0.4, -0.2) is 10.9 Å². The van der Waals surface area contributed by atoms with Crippen LogP contribution in [0, 0.1) is 0 Å². The number of benzene rings is 1. The standard InChI is InChI=1S/C12H7Br2ClN2O/c13-7-1-3-9(10(15)5-7)12(18)17-8-2-4-11(14)16-6-8/h1-6H,(H,17,18). The second-order valence-corrected chi connectivity index (χ2v) is 5.58. The molecule has 0 saturated carbocycles. The Labute approximate surface area is 126 Å². The van der Waals surface area contributed by atoms with Crippen LogP contribution < -0.4 is 5.32 Å². The molecule has 6 heteroatoms. The lowest BCUT2D eigenvalue weighted by molar-refractivity contribution is 0.102. The average Bonchev–Trinajstić information content (AvgIpc) is 2.32. The summed E-state index contributed by atoms with van der Waals surface area (Å²) in [7, 11) is 0. The van der Waals surface area contributed by atoms with Gasteiger partial charge in [-0.25, -0.2) is 4.98 Å². The quantitative estimate of drug-likeness (QED) is 0.767. The minimum Gasteiger partial charge on any atom is -0.321 e. The van der Waals surface area contributed by atoms with Gasteiger partial charge in [-0.15, -0.1) is 0 Å². The van der Waals surface area contributed by atoms with Crippen molar-refractivity contribution in [3.05, 3.63) is 56.2 Å². The maximum absolute atomic E-state index is 12.0. The van der Waals surface area contributed by atoms with E-state index in [1.807, 2.05) is 0 Å². The second-order valence-electron chi connectivity index (χ2n) is 3.45. The van der Waals surface area contributed by atoms with Gasteiger partial charge >= 0.3 is 0 Å². The first kappa shape index (κ1) is 13.5. The zero-order valence-electron chi connectivity index (χ0n) is 8.95. The van der Waals surface area contributed by atoms with Crippen molar-refractivity contribution in [3.8, 4) is 0 Å². The molecule has 1 heterocycles. The van der Waals surface area contributed by atoms with Crippen LogP contribution >= 0.6 is 43.5 Å². The molecule has 0 fully saturated rings. The molecule has 0 aliphatic rings. The number of carbonyl (C=O) groups is 1. The van der Waals surface area contributed by atoms with Gasteiger partial charge in [0.25, 0.3) is 5.91 Å². The predicted octanol–water partition coefficient (Wildman–Crippen LogP) is 4.51. The highest BCUT2D eigenvalue weighted by Crippen LogP contribution is 2.22. The molecule has 3 nitrogen and oxygen atoms in total. The minimum absolute atomic E-state index is 0.267. The molecule has 1 aromatic carbocycles. The molecule has 0 spiro atoms. The molecule has 0 atom stereocenters. The van der Waals surface area contributed by atoms with Gasteiger partial charge in [0, 0.05) is 4.47 Å². The van der Waals surface area contributed by atoms with Crippen LogP contribution in [0.25, 0.3) is 0 Å². The molecule has 92 valence electrons. The summed E-state index contributed by atoms with van der Waals surface area (Å²) in [6.07, 6.45) is 1.56. The smallest absolute Gasteiger partial charge is 0.257 e. The van der Waals surface area contributed by atoms with E-state index in [1.165, 1.54) is 0 Å². The van der Waals surface area contributed by atoms with Crippen molar-refractivity contribution in [2.75, 3.05) is 5.32 Å². The fourth-order valence-corrected chi connectivity index (χ4v) is 2.32. The predicted molar refractivity (Wildman–Crippen MR) is 79.0 cm³/mol. The third-order valence-corrected chi connectivity index (χ3v) is 3.44. The first-order valence-electron chi connectivity index (χ1n) is 4.94. The number of nitrogens with one attached hydrogen (secondary N) is 1. The molecule has 0 aliphatic carbocycles. The van der Waals surface area contributed by atoms with Crippen molar-refractivity contribution in [1.82, 2.24) is 4.98 Å². The first-order valence-corrected chi connectivity index (χ1v) is 6.90. The number of aromatic nitrogens is 1. The maximum atomic E-state index is 12.0. The van der Waals surface area contributed by atoms with E-state index in [-0.39, 0.29) is 5.91 Å². The lowest BCUT2D eigenvalue weighted by Crippen LogP contribution is -2.12. The van der Waals surface area contributed by atoms with Gasteiger partial charge in [-0.05, 0) is 46.3 Å². The molecule has 1 N–H and O–H groups in total. The molecule has 0 saturated heterocycles. The Bertz CT molecular complexity index is 587. The summed E-state index contributed by atoms with van der Waals surface area (Å²) >= 11 is 12.5. The molecular formula is C12H7Br2ClN2O. The Kier molecular flexibility index (Phi) is 4.37. The number of pyridine rings is 1. The van der Waals surface area contributed by atoms with Crippen LogP contribution in [0.5, 0.6) is 0 Å². The molecule has 1 aromatic heterocycles. The Morgan fingerprint density at radius 1 is 1.22 bits per heavy atom. The molecule has 0 radical (unpaired) electrons. The lowest BCUT2D eigenvalue weighted by atomic mass is 10.2. The number of anilines is 1. The monoisotopic (exact) mass is 388 g/mol. The zero-order chi connectivity index (χ0) is 13.1. The third-order valence-electron chi connectivity index (χ3n) is 2.16. The van der Waals surface area contributed by atoms with Crippen LogP contribution in [0.15, 0.2) is 45.6 Å². The number of hydrogen-bond acceptors (Lipinski definition) is 2. The van der Waals surface area contributed by atoms with Crippen molar-refractivity contribution in [2.45, 2.75) is 0 Å². The molecular weight excluding hydrogens is 383 g/mol. The minimum atomic E-state index is -0.267. The molecule has 18 heavy (non-hydrogen) atoms. The molecule has 0 bridgehead atoms. The number of rotatable bonds is 2. The van der Waals surface area contributed by atoms with Crippen molar-refractivity contribution in [2.24, 2.45) is 0 Å². The Morgan fingerprint density at radius 3 is 2.61 bits per heavy atom. The van der Waals surface area contributed by atoms with Crippen LogP contribution in [0.2, 0.25) is 5.02 Å². The van der Waals surface area contributed by atoms with Crippen LogP contribution in [-0.2, 0) is 0 Å². The van der Waals surface area contributed by atoms with Gasteiger partial charge in [0.05, 0.1) is 22.5 Å².